The van der Waals surface area contributed by atoms with E-state index in [1.807, 2.05) is 31.2 Å². The molecule has 2 heterocycles. The average Bonchev–Trinajstić information content (AvgIpc) is 2.68. The first-order chi connectivity index (χ1) is 13.0. The maximum atomic E-state index is 11.5. The highest BCUT2D eigenvalue weighted by Gasteiger charge is 2.37. The van der Waals surface area contributed by atoms with Crippen LogP contribution in [0.3, 0.4) is 0 Å². The molecule has 0 aliphatic carbocycles. The van der Waals surface area contributed by atoms with Crippen molar-refractivity contribution < 1.29 is 19.4 Å². The van der Waals surface area contributed by atoms with E-state index in [-0.39, 0.29) is 6.10 Å². The van der Waals surface area contributed by atoms with Crippen LogP contribution in [0.25, 0.3) is 0 Å². The Kier molecular flexibility index (Phi) is 4.79. The third kappa shape index (κ3) is 3.78. The zero-order valence-electron chi connectivity index (χ0n) is 15.6. The number of ether oxygens (including phenoxy) is 2. The van der Waals surface area contributed by atoms with Gasteiger partial charge in [-0.15, -0.1) is 0 Å². The van der Waals surface area contributed by atoms with Gasteiger partial charge in [-0.3, -0.25) is 9.69 Å². The predicted octanol–water partition coefficient (Wildman–Crippen LogP) is 3.89. The molecule has 0 amide bonds. The lowest BCUT2D eigenvalue weighted by Crippen LogP contribution is -2.45. The normalized spacial score (nSPS) is 25.1. The maximum Gasteiger partial charge on any atom is 0.310 e. The van der Waals surface area contributed by atoms with Crippen LogP contribution >= 0.6 is 0 Å². The monoisotopic (exact) mass is 367 g/mol. The Labute approximate surface area is 159 Å². The number of aliphatic carboxylic acids is 1. The molecule has 5 heteroatoms. The van der Waals surface area contributed by atoms with Gasteiger partial charge in [-0.25, -0.2) is 0 Å². The standard InChI is InChI=1S/C22H25NO4/c1-22(21(24)25)11-4-12-23(15-22)13-16-7-9-17(10-8-16)20-14-26-18-5-2-3-6-19(18)27-20/h2-3,5-10,20H,4,11-15H2,1H3,(H,24,25)/t20-,22?/m1/s1. The van der Waals surface area contributed by atoms with Gasteiger partial charge in [0.15, 0.2) is 17.6 Å². The number of piperidine rings is 1. The first-order valence-electron chi connectivity index (χ1n) is 9.47. The van der Waals surface area contributed by atoms with Crippen LogP contribution in [0, 0.1) is 5.41 Å². The zero-order valence-corrected chi connectivity index (χ0v) is 15.6. The quantitative estimate of drug-likeness (QED) is 0.888. The summed E-state index contributed by atoms with van der Waals surface area (Å²) in [5.74, 6) is 0.869. The fourth-order valence-corrected chi connectivity index (χ4v) is 3.93. The molecule has 0 radical (unpaired) electrons. The zero-order chi connectivity index (χ0) is 18.9. The first kappa shape index (κ1) is 17.9. The van der Waals surface area contributed by atoms with Crippen LogP contribution in [0.15, 0.2) is 48.5 Å². The molecule has 1 fully saturated rings. The van der Waals surface area contributed by atoms with E-state index in [2.05, 4.69) is 29.2 Å². The molecule has 27 heavy (non-hydrogen) atoms. The van der Waals surface area contributed by atoms with Crippen LogP contribution in [0.1, 0.15) is 37.0 Å². The minimum atomic E-state index is -0.697. The smallest absolute Gasteiger partial charge is 0.310 e. The number of fused-ring (bicyclic) bond motifs is 1. The summed E-state index contributed by atoms with van der Waals surface area (Å²) in [5, 5.41) is 9.48. The Balaban J connectivity index is 1.40. The molecule has 2 atom stereocenters. The molecule has 2 aliphatic rings. The summed E-state index contributed by atoms with van der Waals surface area (Å²) in [7, 11) is 0. The van der Waals surface area contributed by atoms with Crippen molar-refractivity contribution in [3.05, 3.63) is 59.7 Å². The van der Waals surface area contributed by atoms with Gasteiger partial charge in [0.25, 0.3) is 0 Å². The molecular formula is C22H25NO4. The second-order valence-corrected chi connectivity index (χ2v) is 7.79. The second kappa shape index (κ2) is 7.24. The van der Waals surface area contributed by atoms with E-state index in [4.69, 9.17) is 9.47 Å². The van der Waals surface area contributed by atoms with Crippen LogP contribution in [0.2, 0.25) is 0 Å². The summed E-state index contributed by atoms with van der Waals surface area (Å²) in [5.41, 5.74) is 1.63. The number of carboxylic acids is 1. The van der Waals surface area contributed by atoms with Gasteiger partial charge in [0, 0.05) is 13.1 Å². The van der Waals surface area contributed by atoms with E-state index in [0.29, 0.717) is 13.2 Å². The summed E-state index contributed by atoms with van der Waals surface area (Å²) in [6, 6.07) is 16.1. The highest BCUT2D eigenvalue weighted by molar-refractivity contribution is 5.74. The molecule has 4 rings (SSSR count). The van der Waals surface area contributed by atoms with Gasteiger partial charge in [0.1, 0.15) is 6.61 Å². The minimum absolute atomic E-state index is 0.112. The lowest BCUT2D eigenvalue weighted by atomic mass is 9.82. The Hall–Kier alpha value is -2.53. The maximum absolute atomic E-state index is 11.5. The van der Waals surface area contributed by atoms with Crippen LogP contribution in [0.5, 0.6) is 11.5 Å². The van der Waals surface area contributed by atoms with Crippen molar-refractivity contribution in [2.75, 3.05) is 19.7 Å². The molecule has 2 aromatic rings. The van der Waals surface area contributed by atoms with Gasteiger partial charge in [0.2, 0.25) is 0 Å². The minimum Gasteiger partial charge on any atom is -0.485 e. The number of para-hydroxylation sites is 2. The number of rotatable bonds is 4. The first-order valence-corrected chi connectivity index (χ1v) is 9.47. The van der Waals surface area contributed by atoms with Crippen molar-refractivity contribution in [1.29, 1.82) is 0 Å². The van der Waals surface area contributed by atoms with Crippen LogP contribution in [-0.2, 0) is 11.3 Å². The van der Waals surface area contributed by atoms with Gasteiger partial charge in [-0.1, -0.05) is 36.4 Å². The fraction of sp³-hybridized carbons (Fsp3) is 0.409. The van der Waals surface area contributed by atoms with Gasteiger partial charge in [0.05, 0.1) is 5.41 Å². The number of carboxylic acid groups (broad SMARTS) is 1. The van der Waals surface area contributed by atoms with E-state index in [1.165, 1.54) is 5.56 Å². The third-order valence-electron chi connectivity index (χ3n) is 5.56. The second-order valence-electron chi connectivity index (χ2n) is 7.79. The van der Waals surface area contributed by atoms with Crippen LogP contribution in [0.4, 0.5) is 0 Å². The Morgan fingerprint density at radius 2 is 1.93 bits per heavy atom. The Bertz CT molecular complexity index is 819. The van der Waals surface area contributed by atoms with Crippen LogP contribution in [-0.4, -0.2) is 35.7 Å². The molecule has 2 aliphatic heterocycles. The van der Waals surface area contributed by atoms with Crippen molar-refractivity contribution in [1.82, 2.24) is 4.90 Å². The molecule has 1 unspecified atom stereocenters. The summed E-state index contributed by atoms with van der Waals surface area (Å²) < 4.78 is 11.9. The molecule has 1 N–H and O–H groups in total. The number of benzene rings is 2. The van der Waals surface area contributed by atoms with Gasteiger partial charge >= 0.3 is 5.97 Å². The molecule has 0 saturated carbocycles. The van der Waals surface area contributed by atoms with Crippen molar-refractivity contribution in [2.24, 2.45) is 5.41 Å². The van der Waals surface area contributed by atoms with Gasteiger partial charge in [-0.2, -0.15) is 0 Å². The summed E-state index contributed by atoms with van der Waals surface area (Å²) in [6.45, 7) is 4.66. The van der Waals surface area contributed by atoms with E-state index < -0.39 is 11.4 Å². The van der Waals surface area contributed by atoms with E-state index in [1.54, 1.807) is 0 Å². The summed E-state index contributed by atoms with van der Waals surface area (Å²) in [6.07, 6.45) is 1.56. The number of carbonyl (C=O) groups is 1. The molecule has 142 valence electrons. The number of hydrogen-bond acceptors (Lipinski definition) is 4. The molecule has 2 aromatic carbocycles. The van der Waals surface area contributed by atoms with Crippen molar-refractivity contribution in [3.63, 3.8) is 0 Å². The predicted molar refractivity (Wildman–Crippen MR) is 102 cm³/mol. The largest absolute Gasteiger partial charge is 0.485 e. The topological polar surface area (TPSA) is 59.0 Å². The fourth-order valence-electron chi connectivity index (χ4n) is 3.93. The molecule has 1 saturated heterocycles. The van der Waals surface area contributed by atoms with Crippen molar-refractivity contribution in [3.8, 4) is 11.5 Å². The third-order valence-corrected chi connectivity index (χ3v) is 5.56. The molecular weight excluding hydrogens is 342 g/mol. The lowest BCUT2D eigenvalue weighted by Gasteiger charge is -2.37. The summed E-state index contributed by atoms with van der Waals surface area (Å²) >= 11 is 0. The highest BCUT2D eigenvalue weighted by Crippen LogP contribution is 2.36. The van der Waals surface area contributed by atoms with Crippen molar-refractivity contribution in [2.45, 2.75) is 32.4 Å². The average molecular weight is 367 g/mol. The van der Waals surface area contributed by atoms with Crippen molar-refractivity contribution >= 4 is 5.97 Å². The summed E-state index contributed by atoms with van der Waals surface area (Å²) in [4.78, 5) is 13.8. The lowest BCUT2D eigenvalue weighted by molar-refractivity contribution is -0.151. The number of nitrogens with zero attached hydrogens (tertiary/aromatic N) is 1. The highest BCUT2D eigenvalue weighted by atomic mass is 16.6. The Morgan fingerprint density at radius 1 is 1.19 bits per heavy atom. The van der Waals surface area contributed by atoms with E-state index in [9.17, 15) is 9.90 Å². The Morgan fingerprint density at radius 3 is 2.67 bits per heavy atom. The molecule has 0 bridgehead atoms. The number of likely N-dealkylation sites (tertiary alicyclic amines) is 1. The molecule has 5 nitrogen and oxygen atoms in total. The number of hydrogen-bond donors (Lipinski definition) is 1. The van der Waals surface area contributed by atoms with Gasteiger partial charge < -0.3 is 14.6 Å². The van der Waals surface area contributed by atoms with Crippen LogP contribution < -0.4 is 9.47 Å². The SMILES string of the molecule is CC1(C(=O)O)CCCN(Cc2ccc([C@H]3COc4ccccc4O3)cc2)C1. The van der Waals surface area contributed by atoms with E-state index >= 15 is 0 Å². The van der Waals surface area contributed by atoms with E-state index in [0.717, 1.165) is 43.0 Å². The molecule has 0 spiro atoms. The molecule has 0 aromatic heterocycles. The van der Waals surface area contributed by atoms with Gasteiger partial charge in [-0.05, 0) is 49.6 Å².